The molecular weight excluding hydrogens is 332 g/mol. The van der Waals surface area contributed by atoms with Crippen molar-refractivity contribution < 1.29 is 14.1 Å². The summed E-state index contributed by atoms with van der Waals surface area (Å²) in [7, 11) is -1.18. The summed E-state index contributed by atoms with van der Waals surface area (Å²) in [6.07, 6.45) is 0. The number of carboxylic acids is 1. The summed E-state index contributed by atoms with van der Waals surface area (Å²) >= 11 is 0. The van der Waals surface area contributed by atoms with E-state index in [2.05, 4.69) is 0 Å². The minimum atomic E-state index is -1.18. The molecule has 0 aliphatic rings. The average Bonchev–Trinajstić information content (AvgIpc) is 2.64. The van der Waals surface area contributed by atoms with Crippen LogP contribution in [0.3, 0.4) is 0 Å². The molecule has 0 aliphatic heterocycles. The zero-order chi connectivity index (χ0) is 17.6. The molecule has 0 spiro atoms. The van der Waals surface area contributed by atoms with Crippen molar-refractivity contribution in [3.8, 4) is 0 Å². The van der Waals surface area contributed by atoms with Gasteiger partial charge in [0.1, 0.15) is 0 Å². The summed E-state index contributed by atoms with van der Waals surface area (Å²) < 4.78 is 13.1. The Morgan fingerprint density at radius 2 is 1.28 bits per heavy atom. The first kappa shape index (κ1) is 17.1. The first-order chi connectivity index (χ1) is 12.1. The summed E-state index contributed by atoms with van der Waals surface area (Å²) in [5, 5.41) is 8.76. The van der Waals surface area contributed by atoms with Crippen LogP contribution in [-0.4, -0.2) is 15.3 Å². The third kappa shape index (κ3) is 4.22. The number of carboxylic acid groups (broad SMARTS) is 1. The second-order valence-electron chi connectivity index (χ2n) is 5.73. The van der Waals surface area contributed by atoms with Crippen LogP contribution in [0.25, 0.3) is 0 Å². The predicted octanol–water partition coefficient (Wildman–Crippen LogP) is 4.42. The lowest BCUT2D eigenvalue weighted by atomic mass is 10.0. The van der Waals surface area contributed by atoms with Crippen molar-refractivity contribution in [3.05, 3.63) is 107 Å². The van der Waals surface area contributed by atoms with Crippen LogP contribution in [0.1, 0.15) is 32.3 Å². The smallest absolute Gasteiger partial charge is 0.335 e. The van der Waals surface area contributed by atoms with Gasteiger partial charge in [0.25, 0.3) is 0 Å². The summed E-state index contributed by atoms with van der Waals surface area (Å²) in [4.78, 5) is 11.0. The highest BCUT2D eigenvalue weighted by atomic mass is 32.2. The molecule has 0 saturated heterocycles. The van der Waals surface area contributed by atoms with Gasteiger partial charge in [0, 0.05) is 16.6 Å². The maximum absolute atomic E-state index is 13.1. The van der Waals surface area contributed by atoms with Crippen LogP contribution in [0, 0.1) is 0 Å². The van der Waals surface area contributed by atoms with E-state index in [-0.39, 0.29) is 10.8 Å². The van der Waals surface area contributed by atoms with Crippen LogP contribution in [0.15, 0.2) is 84.9 Å². The van der Waals surface area contributed by atoms with Gasteiger partial charge in [-0.25, -0.2) is 4.79 Å². The van der Waals surface area contributed by atoms with Crippen molar-refractivity contribution in [2.75, 3.05) is 0 Å². The van der Waals surface area contributed by atoms with E-state index in [9.17, 15) is 9.00 Å². The summed E-state index contributed by atoms with van der Waals surface area (Å²) in [6, 6.07) is 26.2. The molecule has 3 aromatic rings. The fourth-order valence-electron chi connectivity index (χ4n) is 2.74. The lowest BCUT2D eigenvalue weighted by Crippen LogP contribution is -2.10. The Labute approximate surface area is 149 Å². The fraction of sp³-hybridized carbons (Fsp3) is 0.0952. The third-order valence-corrected chi connectivity index (χ3v) is 5.67. The van der Waals surface area contributed by atoms with E-state index < -0.39 is 16.8 Å². The molecule has 25 heavy (non-hydrogen) atoms. The molecule has 0 saturated carbocycles. The Morgan fingerprint density at radius 1 is 0.800 bits per heavy atom. The minimum Gasteiger partial charge on any atom is -0.478 e. The largest absolute Gasteiger partial charge is 0.478 e. The van der Waals surface area contributed by atoms with Gasteiger partial charge in [-0.05, 0) is 28.8 Å². The van der Waals surface area contributed by atoms with Crippen molar-refractivity contribution in [1.29, 1.82) is 0 Å². The molecule has 0 fully saturated rings. The van der Waals surface area contributed by atoms with Gasteiger partial charge in [-0.2, -0.15) is 0 Å². The first-order valence-electron chi connectivity index (χ1n) is 7.94. The highest BCUT2D eigenvalue weighted by Gasteiger charge is 2.21. The van der Waals surface area contributed by atoms with Crippen LogP contribution in [-0.2, 0) is 16.6 Å². The molecule has 3 aromatic carbocycles. The van der Waals surface area contributed by atoms with Gasteiger partial charge < -0.3 is 5.11 Å². The first-order valence-corrected chi connectivity index (χ1v) is 9.32. The zero-order valence-electron chi connectivity index (χ0n) is 13.5. The van der Waals surface area contributed by atoms with Crippen LogP contribution in [0.2, 0.25) is 0 Å². The van der Waals surface area contributed by atoms with Gasteiger partial charge >= 0.3 is 5.97 Å². The van der Waals surface area contributed by atoms with Gasteiger partial charge in [-0.15, -0.1) is 0 Å². The highest BCUT2D eigenvalue weighted by Crippen LogP contribution is 2.29. The molecule has 0 heterocycles. The molecule has 0 aliphatic carbocycles. The molecule has 0 amide bonds. The monoisotopic (exact) mass is 350 g/mol. The van der Waals surface area contributed by atoms with Crippen LogP contribution >= 0.6 is 0 Å². The maximum Gasteiger partial charge on any atom is 0.335 e. The molecule has 3 nitrogen and oxygen atoms in total. The van der Waals surface area contributed by atoms with E-state index in [1.54, 1.807) is 24.3 Å². The van der Waals surface area contributed by atoms with Crippen LogP contribution in [0.4, 0.5) is 0 Å². The summed E-state index contributed by atoms with van der Waals surface area (Å²) in [5.74, 6) is -0.590. The number of rotatable bonds is 6. The van der Waals surface area contributed by atoms with Crippen LogP contribution < -0.4 is 0 Å². The molecule has 1 unspecified atom stereocenters. The lowest BCUT2D eigenvalue weighted by molar-refractivity contribution is 0.0697. The normalized spacial score (nSPS) is 12.0. The molecule has 0 aromatic heterocycles. The topological polar surface area (TPSA) is 54.4 Å². The molecule has 1 N–H and O–H groups in total. The second kappa shape index (κ2) is 7.90. The molecule has 4 heteroatoms. The summed E-state index contributed by atoms with van der Waals surface area (Å²) in [6.45, 7) is 0. The standard InChI is InChI=1S/C21H18O3S/c22-21(23)19-13-11-16(12-14-19)15-25(24)20(17-7-3-1-4-8-17)18-9-5-2-6-10-18/h1-14,20H,15H2,(H,22,23). The molecule has 0 bridgehead atoms. The van der Waals surface area contributed by atoms with Crippen molar-refractivity contribution in [1.82, 2.24) is 0 Å². The number of hydrogen-bond acceptors (Lipinski definition) is 2. The third-order valence-electron chi connectivity index (χ3n) is 3.98. The predicted molar refractivity (Wildman–Crippen MR) is 100.0 cm³/mol. The Balaban J connectivity index is 1.88. The number of benzene rings is 3. The Kier molecular flexibility index (Phi) is 5.41. The van der Waals surface area contributed by atoms with Crippen molar-refractivity contribution in [3.63, 3.8) is 0 Å². The van der Waals surface area contributed by atoms with Gasteiger partial charge in [0.05, 0.1) is 10.8 Å². The van der Waals surface area contributed by atoms with Crippen molar-refractivity contribution in [2.45, 2.75) is 11.0 Å². The quantitative estimate of drug-likeness (QED) is 0.716. The number of carbonyl (C=O) groups is 1. The SMILES string of the molecule is O=C(O)c1ccc(CS(=O)C(c2ccccc2)c2ccccc2)cc1. The zero-order valence-corrected chi connectivity index (χ0v) is 14.4. The number of hydrogen-bond donors (Lipinski definition) is 1. The highest BCUT2D eigenvalue weighted by molar-refractivity contribution is 7.84. The van der Waals surface area contributed by atoms with Crippen LogP contribution in [0.5, 0.6) is 0 Å². The van der Waals surface area contributed by atoms with E-state index in [1.807, 2.05) is 60.7 Å². The van der Waals surface area contributed by atoms with E-state index in [0.717, 1.165) is 16.7 Å². The molecule has 126 valence electrons. The Morgan fingerprint density at radius 3 is 1.72 bits per heavy atom. The Bertz CT molecular complexity index is 819. The Hall–Kier alpha value is -2.72. The molecule has 0 radical (unpaired) electrons. The molecular formula is C21H18O3S. The maximum atomic E-state index is 13.1. The fourth-order valence-corrected chi connectivity index (χ4v) is 4.35. The second-order valence-corrected chi connectivity index (χ2v) is 7.25. The van der Waals surface area contributed by atoms with E-state index in [0.29, 0.717) is 5.75 Å². The summed E-state index contributed by atoms with van der Waals surface area (Å²) in [5.41, 5.74) is 3.11. The van der Waals surface area contributed by atoms with Gasteiger partial charge in [-0.1, -0.05) is 72.8 Å². The van der Waals surface area contributed by atoms with Gasteiger partial charge in [0.15, 0.2) is 0 Å². The lowest BCUT2D eigenvalue weighted by Gasteiger charge is -2.18. The van der Waals surface area contributed by atoms with Gasteiger partial charge in [-0.3, -0.25) is 4.21 Å². The van der Waals surface area contributed by atoms with E-state index >= 15 is 0 Å². The average molecular weight is 350 g/mol. The number of aromatic carboxylic acids is 1. The van der Waals surface area contributed by atoms with Crippen molar-refractivity contribution >= 4 is 16.8 Å². The van der Waals surface area contributed by atoms with Crippen molar-refractivity contribution in [2.24, 2.45) is 0 Å². The van der Waals surface area contributed by atoms with Gasteiger partial charge in [0.2, 0.25) is 0 Å². The minimum absolute atomic E-state index is 0.221. The molecule has 1 atom stereocenters. The van der Waals surface area contributed by atoms with E-state index in [1.165, 1.54) is 0 Å². The van der Waals surface area contributed by atoms with E-state index in [4.69, 9.17) is 5.11 Å². The molecule has 3 rings (SSSR count).